The Labute approximate surface area is 285 Å². The van der Waals surface area contributed by atoms with E-state index in [-0.39, 0.29) is 47.9 Å². The molecule has 1 aliphatic rings. The van der Waals surface area contributed by atoms with E-state index in [0.717, 1.165) is 6.26 Å². The van der Waals surface area contributed by atoms with Gasteiger partial charge in [-0.2, -0.15) is 22.6 Å². The molecular weight excluding hydrogens is 689 g/mol. The van der Waals surface area contributed by atoms with Crippen molar-refractivity contribution >= 4 is 39.1 Å². The lowest BCUT2D eigenvalue weighted by Gasteiger charge is -2.26. The highest BCUT2D eigenvalue weighted by atomic mass is 32.2. The van der Waals surface area contributed by atoms with Crippen LogP contribution in [0.3, 0.4) is 0 Å². The van der Waals surface area contributed by atoms with E-state index in [1.807, 2.05) is 0 Å². The average molecular weight is 728 g/mol. The number of benzene rings is 1. The van der Waals surface area contributed by atoms with E-state index in [2.05, 4.69) is 19.8 Å². The van der Waals surface area contributed by atoms with Gasteiger partial charge in [-0.15, -0.1) is 0 Å². The Kier molecular flexibility index (Phi) is 10.9. The number of anilines is 2. The van der Waals surface area contributed by atoms with E-state index < -0.39 is 57.8 Å². The molecule has 1 fully saturated rings. The molecule has 2 aromatic heterocycles. The number of halogens is 5. The third-order valence-electron chi connectivity index (χ3n) is 7.61. The number of hydrogen-bond donors (Lipinski definition) is 2. The minimum atomic E-state index is -5.29. The molecule has 0 radical (unpaired) electrons. The van der Waals surface area contributed by atoms with Gasteiger partial charge in [-0.25, -0.2) is 22.8 Å². The smallest absolute Gasteiger partial charge is 0.417 e. The van der Waals surface area contributed by atoms with Gasteiger partial charge in [0, 0.05) is 73.3 Å². The molecule has 1 unspecified atom stereocenters. The number of aryl methyl sites for hydroxylation is 1. The molecule has 1 aromatic carbocycles. The Morgan fingerprint density at radius 1 is 1.10 bits per heavy atom. The van der Waals surface area contributed by atoms with Gasteiger partial charge in [-0.05, 0) is 57.9 Å². The van der Waals surface area contributed by atoms with Gasteiger partial charge in [0.25, 0.3) is 11.8 Å². The lowest BCUT2D eigenvalue weighted by atomic mass is 9.99. The Morgan fingerprint density at radius 2 is 1.80 bits per heavy atom. The molecule has 0 saturated carbocycles. The number of nitrogens with one attached hydrogen (secondary N) is 2. The predicted molar refractivity (Wildman–Crippen MR) is 176 cm³/mol. The van der Waals surface area contributed by atoms with Crippen LogP contribution in [0.1, 0.15) is 56.0 Å². The molecule has 3 amide bonds. The second-order valence-corrected chi connectivity index (χ2v) is 15.2. The largest absolute Gasteiger partial charge is 0.444 e. The number of nitrogens with zero attached hydrogens (tertiary/aromatic N) is 5. The first-order valence-electron chi connectivity index (χ1n) is 15.4. The van der Waals surface area contributed by atoms with Crippen molar-refractivity contribution in [2.24, 2.45) is 11.4 Å². The zero-order valence-corrected chi connectivity index (χ0v) is 29.0. The van der Waals surface area contributed by atoms with Crippen molar-refractivity contribution in [2.45, 2.75) is 75.6 Å². The normalized spacial score (nSPS) is 16.8. The van der Waals surface area contributed by atoms with Crippen LogP contribution >= 0.6 is 0 Å². The minimum Gasteiger partial charge on any atom is -0.444 e. The number of alkyl carbamates (subject to hydrolysis) is 1. The maximum Gasteiger partial charge on any atom is 0.417 e. The second kappa shape index (κ2) is 14.3. The highest BCUT2D eigenvalue weighted by Crippen LogP contribution is 2.35. The zero-order chi connectivity index (χ0) is 37.2. The molecule has 0 bridgehead atoms. The summed E-state index contributed by atoms with van der Waals surface area (Å²) in [6, 6.07) is 2.06. The maximum absolute atomic E-state index is 14.2. The van der Waals surface area contributed by atoms with Gasteiger partial charge in [0.15, 0.2) is 0 Å². The first-order valence-corrected chi connectivity index (χ1v) is 17.3. The van der Waals surface area contributed by atoms with Crippen molar-refractivity contribution in [3.63, 3.8) is 0 Å². The zero-order valence-electron chi connectivity index (χ0n) is 28.2. The first kappa shape index (κ1) is 38.2. The molecule has 50 heavy (non-hydrogen) atoms. The van der Waals surface area contributed by atoms with Crippen LogP contribution < -0.4 is 15.5 Å². The van der Waals surface area contributed by atoms with Crippen LogP contribution in [0.15, 0.2) is 52.1 Å². The van der Waals surface area contributed by atoms with E-state index in [0.29, 0.717) is 16.7 Å². The summed E-state index contributed by atoms with van der Waals surface area (Å²) in [6.07, 6.45) is -1.62. The number of aromatic nitrogens is 3. The Hall–Kier alpha value is -4.61. The number of hydrogen-bond acceptors (Lipinski definition) is 8. The van der Waals surface area contributed by atoms with Crippen LogP contribution in [-0.4, -0.2) is 80.0 Å². The van der Waals surface area contributed by atoms with Crippen molar-refractivity contribution in [3.05, 3.63) is 54.0 Å². The van der Waals surface area contributed by atoms with Crippen molar-refractivity contribution in [1.82, 2.24) is 20.1 Å². The summed E-state index contributed by atoms with van der Waals surface area (Å²) in [6.45, 7) is 6.08. The number of carbonyl (C=O) groups excluding carboxylic acids is 3. The van der Waals surface area contributed by atoms with Crippen LogP contribution in [0, 0.1) is 6.92 Å². The van der Waals surface area contributed by atoms with Gasteiger partial charge in [-0.1, -0.05) is 6.07 Å². The molecule has 12 nitrogen and oxygen atoms in total. The minimum absolute atomic E-state index is 0.0449. The number of carbonyl (C=O) groups is 3. The predicted octanol–water partition coefficient (Wildman–Crippen LogP) is 6.11. The Morgan fingerprint density at radius 3 is 2.42 bits per heavy atom. The summed E-state index contributed by atoms with van der Waals surface area (Å²) >= 11 is 0. The highest BCUT2D eigenvalue weighted by Gasteiger charge is 2.47. The van der Waals surface area contributed by atoms with E-state index >= 15 is 0 Å². The van der Waals surface area contributed by atoms with Crippen molar-refractivity contribution < 1.29 is 45.3 Å². The molecular formula is C32H38F5N7O5S. The summed E-state index contributed by atoms with van der Waals surface area (Å²) in [7, 11) is -2.15. The van der Waals surface area contributed by atoms with Gasteiger partial charge in [0.1, 0.15) is 11.4 Å². The average Bonchev–Trinajstić information content (AvgIpc) is 3.32. The van der Waals surface area contributed by atoms with Crippen LogP contribution in [0.2, 0.25) is 0 Å². The van der Waals surface area contributed by atoms with E-state index in [9.17, 15) is 40.5 Å². The summed E-state index contributed by atoms with van der Waals surface area (Å²) < 4.78 is 93.0. The van der Waals surface area contributed by atoms with Crippen LogP contribution in [-0.2, 0) is 26.3 Å². The van der Waals surface area contributed by atoms with E-state index in [1.54, 1.807) is 42.1 Å². The number of alkyl halides is 5. The summed E-state index contributed by atoms with van der Waals surface area (Å²) in [5.41, 5.74) is 0.653. The van der Waals surface area contributed by atoms with Crippen molar-refractivity contribution in [2.75, 3.05) is 29.6 Å². The number of ether oxygens (including phenoxy) is 1. The van der Waals surface area contributed by atoms with Crippen LogP contribution in [0.4, 0.5) is 38.3 Å². The number of pyridine rings is 1. The van der Waals surface area contributed by atoms with Gasteiger partial charge >= 0.3 is 12.3 Å². The Balaban J connectivity index is 1.68. The monoisotopic (exact) mass is 727 g/mol. The molecule has 0 aliphatic carbocycles. The van der Waals surface area contributed by atoms with E-state index in [1.165, 1.54) is 50.4 Å². The van der Waals surface area contributed by atoms with Gasteiger partial charge in [-0.3, -0.25) is 14.3 Å². The quantitative estimate of drug-likeness (QED) is 0.277. The molecule has 0 spiro atoms. The molecule has 1 aliphatic heterocycles. The highest BCUT2D eigenvalue weighted by molar-refractivity contribution is 7.93. The summed E-state index contributed by atoms with van der Waals surface area (Å²) in [5, 5.41) is 8.28. The lowest BCUT2D eigenvalue weighted by Crippen LogP contribution is -2.51. The maximum atomic E-state index is 14.2. The molecule has 1 saturated heterocycles. The third kappa shape index (κ3) is 9.54. The van der Waals surface area contributed by atoms with Gasteiger partial charge < -0.3 is 20.3 Å². The lowest BCUT2D eigenvalue weighted by molar-refractivity contribution is -0.165. The first-order chi connectivity index (χ1) is 23.1. The van der Waals surface area contributed by atoms with Crippen molar-refractivity contribution in [1.29, 1.82) is 0 Å². The van der Waals surface area contributed by atoms with Gasteiger partial charge in [0.05, 0.1) is 21.5 Å². The van der Waals surface area contributed by atoms with Crippen LogP contribution in [0.5, 0.6) is 0 Å². The molecule has 3 aromatic rings. The fraction of sp³-hybridized carbons (Fsp3) is 0.469. The standard InChI is InChI=1S/C32H38F5N7O5S/c1-19-23(20-16-39-43(5)18-20)17-38-26(44-13-8-11-31(33,34)12-14-44)24(19)27(45)40-21-9-7-10-22(15-21)50(6,48)42-28(46)25(32(35,36)37)41-29(47)49-30(2,3)4/h7,9-10,15-18,25H,8,11-14H2,1-6H3,(H,40,45)(H,41,47)/t25?,50-/m1/s1. The third-order valence-corrected chi connectivity index (χ3v) is 9.26. The fourth-order valence-corrected chi connectivity index (χ4v) is 6.45. The molecule has 2 atom stereocenters. The molecule has 18 heteroatoms. The molecule has 3 heterocycles. The summed E-state index contributed by atoms with van der Waals surface area (Å²) in [4.78, 5) is 44.6. The SMILES string of the molecule is Cc1c(-c2cnn(C)c2)cnc(N2CCCC(F)(F)CC2)c1C(=O)Nc1cccc([S@@](C)(=O)=NC(=O)C(NC(=O)OC(C)(C)C)C(F)(F)F)c1. The number of amides is 3. The number of rotatable bonds is 7. The topological polar surface area (TPSA) is 148 Å². The summed E-state index contributed by atoms with van der Waals surface area (Å²) in [5.74, 6) is -5.31. The molecule has 272 valence electrons. The molecule has 4 rings (SSSR count). The second-order valence-electron chi connectivity index (χ2n) is 12.9. The van der Waals surface area contributed by atoms with E-state index in [4.69, 9.17) is 4.74 Å². The van der Waals surface area contributed by atoms with Gasteiger partial charge in [0.2, 0.25) is 12.0 Å². The molecule has 2 N–H and O–H groups in total. The Bertz CT molecular complexity index is 1900. The van der Waals surface area contributed by atoms with Crippen LogP contribution in [0.25, 0.3) is 11.1 Å². The van der Waals surface area contributed by atoms with Crippen molar-refractivity contribution in [3.8, 4) is 11.1 Å². The fourth-order valence-electron chi connectivity index (χ4n) is 5.22.